The third kappa shape index (κ3) is 2.87. The Balaban J connectivity index is 1.73. The minimum absolute atomic E-state index is 0.266. The molecule has 0 radical (unpaired) electrons. The highest BCUT2D eigenvalue weighted by Gasteiger charge is 2.22. The number of aromatic nitrogens is 4. The van der Waals surface area contributed by atoms with Crippen molar-refractivity contribution in [1.82, 2.24) is 25.2 Å². The Morgan fingerprint density at radius 3 is 2.84 bits per heavy atom. The van der Waals surface area contributed by atoms with E-state index >= 15 is 0 Å². The van der Waals surface area contributed by atoms with Gasteiger partial charge < -0.3 is 9.84 Å². The van der Waals surface area contributed by atoms with Crippen molar-refractivity contribution >= 4 is 17.0 Å². The Hall–Kier alpha value is -2.47. The maximum atomic E-state index is 5.55. The molecule has 0 unspecified atom stereocenters. The Kier molecular flexibility index (Phi) is 4.13. The summed E-state index contributed by atoms with van der Waals surface area (Å²) < 4.78 is 7.56. The van der Waals surface area contributed by atoms with Crippen molar-refractivity contribution in [3.8, 4) is 11.4 Å². The van der Waals surface area contributed by atoms with Crippen LogP contribution in [0.2, 0.25) is 0 Å². The quantitative estimate of drug-likeness (QED) is 0.785. The fraction of sp³-hybridized carbons (Fsp3) is 0.421. The van der Waals surface area contributed by atoms with Crippen LogP contribution < -0.4 is 5.32 Å². The summed E-state index contributed by atoms with van der Waals surface area (Å²) in [7, 11) is 0. The van der Waals surface area contributed by atoms with E-state index in [9.17, 15) is 0 Å². The van der Waals surface area contributed by atoms with Gasteiger partial charge in [-0.1, -0.05) is 17.8 Å². The van der Waals surface area contributed by atoms with Crippen molar-refractivity contribution in [2.75, 3.05) is 13.1 Å². The Labute approximate surface area is 146 Å². The third-order valence-electron chi connectivity index (χ3n) is 4.81. The first-order valence-electron chi connectivity index (χ1n) is 8.86. The molecule has 4 rings (SSSR count). The van der Waals surface area contributed by atoms with Crippen molar-refractivity contribution in [2.24, 2.45) is 0 Å². The van der Waals surface area contributed by atoms with E-state index in [-0.39, 0.29) is 6.04 Å². The molecular formula is C19H23N5O. The number of benzene rings is 1. The largest absolute Gasteiger partial charge is 0.339 e. The summed E-state index contributed by atoms with van der Waals surface area (Å²) >= 11 is 0. The molecule has 3 aromatic rings. The molecule has 0 saturated carbocycles. The molecule has 6 nitrogen and oxygen atoms in total. The normalized spacial score (nSPS) is 16.0. The molecule has 1 N–H and O–H groups in total. The van der Waals surface area contributed by atoms with E-state index in [4.69, 9.17) is 4.52 Å². The molecule has 130 valence electrons. The van der Waals surface area contributed by atoms with Gasteiger partial charge in [0.05, 0.1) is 11.2 Å². The molecule has 6 heteroatoms. The van der Waals surface area contributed by atoms with E-state index in [0.717, 1.165) is 54.0 Å². The van der Waals surface area contributed by atoms with Gasteiger partial charge in [-0.25, -0.2) is 0 Å². The average Bonchev–Trinajstić information content (AvgIpc) is 3.27. The van der Waals surface area contributed by atoms with Crippen molar-refractivity contribution in [1.29, 1.82) is 0 Å². The van der Waals surface area contributed by atoms with Crippen LogP contribution in [-0.2, 0) is 0 Å². The molecule has 1 saturated heterocycles. The highest BCUT2D eigenvalue weighted by Crippen LogP contribution is 2.29. The molecule has 1 aliphatic heterocycles. The van der Waals surface area contributed by atoms with Crippen LogP contribution in [0, 0.1) is 0 Å². The standard InChI is InChI=1S/C19H23N5O/c1-4-16-15-6-5-14(11-17(15)24(22-16)12(2)3)18-21-19(25-23-18)13-7-9-20-10-8-13/h4-6,11-13,20H,1,7-10H2,2-3H3. The second kappa shape index (κ2) is 6.44. The number of fused-ring (bicyclic) bond motifs is 1. The lowest BCUT2D eigenvalue weighted by atomic mass is 9.98. The van der Waals surface area contributed by atoms with Crippen LogP contribution in [0.25, 0.3) is 28.4 Å². The van der Waals surface area contributed by atoms with Gasteiger partial charge in [-0.05, 0) is 58.0 Å². The number of hydrogen-bond donors (Lipinski definition) is 1. The molecular weight excluding hydrogens is 314 g/mol. The molecule has 0 amide bonds. The molecule has 1 fully saturated rings. The number of piperidine rings is 1. The van der Waals surface area contributed by atoms with E-state index in [1.165, 1.54) is 0 Å². The van der Waals surface area contributed by atoms with Crippen molar-refractivity contribution < 1.29 is 4.52 Å². The van der Waals surface area contributed by atoms with Crippen molar-refractivity contribution in [3.63, 3.8) is 0 Å². The molecule has 1 aromatic carbocycles. The molecule has 0 bridgehead atoms. The van der Waals surface area contributed by atoms with Crippen LogP contribution in [0.4, 0.5) is 0 Å². The SMILES string of the molecule is C=Cc1nn(C(C)C)c2cc(-c3noc(C4CCNCC4)n3)ccc12. The highest BCUT2D eigenvalue weighted by molar-refractivity contribution is 5.89. The Morgan fingerprint density at radius 2 is 2.12 bits per heavy atom. The lowest BCUT2D eigenvalue weighted by molar-refractivity contribution is 0.320. The van der Waals surface area contributed by atoms with Gasteiger partial charge in [0.1, 0.15) is 0 Å². The van der Waals surface area contributed by atoms with Crippen LogP contribution in [0.3, 0.4) is 0 Å². The van der Waals surface area contributed by atoms with E-state index in [0.29, 0.717) is 11.7 Å². The first-order chi connectivity index (χ1) is 12.2. The average molecular weight is 337 g/mol. The minimum Gasteiger partial charge on any atom is -0.339 e. The van der Waals surface area contributed by atoms with E-state index < -0.39 is 0 Å². The van der Waals surface area contributed by atoms with Crippen molar-refractivity contribution in [2.45, 2.75) is 38.6 Å². The maximum Gasteiger partial charge on any atom is 0.230 e. The number of hydrogen-bond acceptors (Lipinski definition) is 5. The molecule has 3 heterocycles. The molecule has 0 aliphatic carbocycles. The van der Waals surface area contributed by atoms with Crippen LogP contribution >= 0.6 is 0 Å². The summed E-state index contributed by atoms with van der Waals surface area (Å²) in [5.74, 6) is 1.76. The lowest BCUT2D eigenvalue weighted by Gasteiger charge is -2.18. The van der Waals surface area contributed by atoms with Gasteiger partial charge in [0.15, 0.2) is 0 Å². The van der Waals surface area contributed by atoms with Crippen molar-refractivity contribution in [3.05, 3.63) is 36.4 Å². The Morgan fingerprint density at radius 1 is 1.32 bits per heavy atom. The summed E-state index contributed by atoms with van der Waals surface area (Å²) in [6, 6.07) is 6.45. The van der Waals surface area contributed by atoms with Gasteiger partial charge >= 0.3 is 0 Å². The zero-order chi connectivity index (χ0) is 17.4. The minimum atomic E-state index is 0.266. The Bertz CT molecular complexity index is 902. The van der Waals surface area contributed by atoms with Gasteiger partial charge in [0.25, 0.3) is 0 Å². The van der Waals surface area contributed by atoms with Crippen LogP contribution in [0.15, 0.2) is 29.3 Å². The van der Waals surface area contributed by atoms with E-state index in [1.54, 1.807) is 6.08 Å². The third-order valence-corrected chi connectivity index (χ3v) is 4.81. The lowest BCUT2D eigenvalue weighted by Crippen LogP contribution is -2.26. The molecule has 2 aromatic heterocycles. The van der Waals surface area contributed by atoms with Gasteiger partial charge in [-0.2, -0.15) is 10.1 Å². The topological polar surface area (TPSA) is 68.8 Å². The van der Waals surface area contributed by atoms with Crippen LogP contribution in [0.1, 0.15) is 50.2 Å². The monoisotopic (exact) mass is 337 g/mol. The summed E-state index contributed by atoms with van der Waals surface area (Å²) in [6.45, 7) is 10.1. The van der Waals surface area contributed by atoms with Crippen LogP contribution in [0.5, 0.6) is 0 Å². The zero-order valence-corrected chi connectivity index (χ0v) is 14.7. The summed E-state index contributed by atoms with van der Waals surface area (Å²) in [5, 5.41) is 13.3. The number of nitrogens with one attached hydrogen (secondary N) is 1. The summed E-state index contributed by atoms with van der Waals surface area (Å²) in [5.41, 5.74) is 2.92. The molecule has 25 heavy (non-hydrogen) atoms. The molecule has 1 aliphatic rings. The second-order valence-electron chi connectivity index (χ2n) is 6.84. The predicted molar refractivity (Wildman–Crippen MR) is 98.3 cm³/mol. The number of nitrogens with zero attached hydrogens (tertiary/aromatic N) is 4. The fourth-order valence-electron chi connectivity index (χ4n) is 3.43. The number of rotatable bonds is 4. The summed E-state index contributed by atoms with van der Waals surface area (Å²) in [4.78, 5) is 4.66. The van der Waals surface area contributed by atoms with Gasteiger partial charge in [-0.15, -0.1) is 0 Å². The molecule has 0 spiro atoms. The molecule has 0 atom stereocenters. The van der Waals surface area contributed by atoms with E-state index in [2.05, 4.69) is 53.1 Å². The van der Waals surface area contributed by atoms with Gasteiger partial charge in [0.2, 0.25) is 11.7 Å². The van der Waals surface area contributed by atoms with E-state index in [1.807, 2.05) is 10.7 Å². The predicted octanol–water partition coefficient (Wildman–Crippen LogP) is 3.78. The van der Waals surface area contributed by atoms with Gasteiger partial charge in [-0.3, -0.25) is 4.68 Å². The highest BCUT2D eigenvalue weighted by atomic mass is 16.5. The fourth-order valence-corrected chi connectivity index (χ4v) is 3.43. The maximum absolute atomic E-state index is 5.55. The van der Waals surface area contributed by atoms with Crippen LogP contribution in [-0.4, -0.2) is 33.0 Å². The summed E-state index contributed by atoms with van der Waals surface area (Å²) in [6.07, 6.45) is 3.89. The first kappa shape index (κ1) is 16.0. The second-order valence-corrected chi connectivity index (χ2v) is 6.84. The van der Waals surface area contributed by atoms with Gasteiger partial charge in [0, 0.05) is 22.9 Å². The zero-order valence-electron chi connectivity index (χ0n) is 14.7. The first-order valence-corrected chi connectivity index (χ1v) is 8.86. The smallest absolute Gasteiger partial charge is 0.230 e.